The van der Waals surface area contributed by atoms with E-state index < -0.39 is 0 Å². The Morgan fingerprint density at radius 1 is 0.828 bits per heavy atom. The van der Waals surface area contributed by atoms with E-state index in [0.717, 1.165) is 38.2 Å². The Morgan fingerprint density at radius 3 is 2.31 bits per heavy atom. The van der Waals surface area contributed by atoms with Crippen molar-refractivity contribution in [1.82, 2.24) is 9.88 Å². The predicted molar refractivity (Wildman–Crippen MR) is 115 cm³/mol. The number of nitrogens with zero attached hydrogens (tertiary/aromatic N) is 3. The molecule has 0 N–H and O–H groups in total. The second-order valence-corrected chi connectivity index (χ2v) is 8.11. The maximum atomic E-state index is 13.7. The summed E-state index contributed by atoms with van der Waals surface area (Å²) >= 11 is 0. The number of amides is 1. The van der Waals surface area contributed by atoms with E-state index in [1.165, 1.54) is 16.7 Å². The van der Waals surface area contributed by atoms with Gasteiger partial charge in [-0.2, -0.15) is 0 Å². The molecule has 2 aliphatic heterocycles. The van der Waals surface area contributed by atoms with Gasteiger partial charge in [-0.3, -0.25) is 14.7 Å². The average molecular weight is 383 g/mol. The number of para-hydroxylation sites is 1. The van der Waals surface area contributed by atoms with Crippen LogP contribution in [0.5, 0.6) is 0 Å². The van der Waals surface area contributed by atoms with Crippen LogP contribution in [-0.2, 0) is 23.3 Å². The number of benzene rings is 2. The maximum absolute atomic E-state index is 13.7. The van der Waals surface area contributed by atoms with Gasteiger partial charge in [-0.25, -0.2) is 0 Å². The Labute approximate surface area is 171 Å². The fraction of sp³-hybridized carbons (Fsp3) is 0.280. The fourth-order valence-electron chi connectivity index (χ4n) is 4.85. The molecule has 0 aliphatic carbocycles. The number of pyridine rings is 1. The first-order valence-electron chi connectivity index (χ1n) is 10.3. The van der Waals surface area contributed by atoms with Crippen molar-refractivity contribution in [2.24, 2.45) is 0 Å². The summed E-state index contributed by atoms with van der Waals surface area (Å²) in [7, 11) is 0. The molecule has 0 atom stereocenters. The Bertz CT molecular complexity index is 995. The van der Waals surface area contributed by atoms with E-state index in [-0.39, 0.29) is 11.3 Å². The van der Waals surface area contributed by atoms with Crippen molar-refractivity contribution in [3.8, 4) is 0 Å². The molecule has 0 saturated carbocycles. The van der Waals surface area contributed by atoms with Gasteiger partial charge in [-0.15, -0.1) is 0 Å². The minimum atomic E-state index is -0.378. The van der Waals surface area contributed by atoms with E-state index in [9.17, 15) is 4.79 Å². The molecule has 29 heavy (non-hydrogen) atoms. The van der Waals surface area contributed by atoms with E-state index in [2.05, 4.69) is 46.3 Å². The third-order valence-corrected chi connectivity index (χ3v) is 6.39. The molecule has 0 unspecified atom stereocenters. The van der Waals surface area contributed by atoms with Crippen molar-refractivity contribution in [1.29, 1.82) is 0 Å². The molecule has 5 rings (SSSR count). The summed E-state index contributed by atoms with van der Waals surface area (Å²) in [6.45, 7) is 3.38. The van der Waals surface area contributed by atoms with Crippen LogP contribution in [0.3, 0.4) is 0 Å². The van der Waals surface area contributed by atoms with Crippen molar-refractivity contribution < 1.29 is 4.79 Å². The Hall–Kier alpha value is -2.98. The van der Waals surface area contributed by atoms with Crippen molar-refractivity contribution >= 4 is 11.6 Å². The lowest BCUT2D eigenvalue weighted by Gasteiger charge is -2.38. The number of carbonyl (C=O) groups excluding carboxylic acids is 1. The highest BCUT2D eigenvalue weighted by Gasteiger charge is 2.51. The Morgan fingerprint density at radius 2 is 1.55 bits per heavy atom. The topological polar surface area (TPSA) is 36.4 Å². The van der Waals surface area contributed by atoms with E-state index >= 15 is 0 Å². The molecule has 2 aromatic carbocycles. The number of anilines is 1. The SMILES string of the molecule is O=C1N(Cc2ccccc2)c2ccccc2C12CCN(Cc1cccnc1)CC2. The summed E-state index contributed by atoms with van der Waals surface area (Å²) in [5.74, 6) is 0.267. The number of hydrogen-bond donors (Lipinski definition) is 0. The van der Waals surface area contributed by atoms with Gasteiger partial charge in [0.25, 0.3) is 0 Å². The summed E-state index contributed by atoms with van der Waals surface area (Å²) in [5, 5.41) is 0. The second-order valence-electron chi connectivity index (χ2n) is 8.11. The molecule has 4 nitrogen and oxygen atoms in total. The minimum absolute atomic E-state index is 0.267. The largest absolute Gasteiger partial charge is 0.307 e. The molecule has 3 aromatic rings. The van der Waals surface area contributed by atoms with Crippen LogP contribution in [0.4, 0.5) is 5.69 Å². The third-order valence-electron chi connectivity index (χ3n) is 6.39. The molecule has 1 amide bonds. The molecular weight excluding hydrogens is 358 g/mol. The van der Waals surface area contributed by atoms with Crippen molar-refractivity contribution in [3.63, 3.8) is 0 Å². The summed E-state index contributed by atoms with van der Waals surface area (Å²) in [5.41, 5.74) is 4.31. The van der Waals surface area contributed by atoms with Crippen LogP contribution in [-0.4, -0.2) is 28.9 Å². The highest BCUT2D eigenvalue weighted by molar-refractivity contribution is 6.08. The molecule has 146 valence electrons. The monoisotopic (exact) mass is 383 g/mol. The van der Waals surface area contributed by atoms with E-state index in [4.69, 9.17) is 0 Å². The molecule has 1 spiro atoms. The first kappa shape index (κ1) is 18.1. The van der Waals surface area contributed by atoms with Crippen molar-refractivity contribution in [3.05, 3.63) is 95.8 Å². The second kappa shape index (κ2) is 7.45. The maximum Gasteiger partial charge on any atom is 0.238 e. The molecule has 1 saturated heterocycles. The predicted octanol–water partition coefficient (Wildman–Crippen LogP) is 4.16. The first-order valence-corrected chi connectivity index (χ1v) is 10.3. The van der Waals surface area contributed by atoms with Gasteiger partial charge in [-0.1, -0.05) is 54.6 Å². The lowest BCUT2D eigenvalue weighted by atomic mass is 9.73. The average Bonchev–Trinajstić information content (AvgIpc) is 3.00. The van der Waals surface area contributed by atoms with Gasteiger partial charge in [0.2, 0.25) is 5.91 Å². The van der Waals surface area contributed by atoms with Crippen LogP contribution < -0.4 is 4.90 Å². The molecule has 0 radical (unpaired) electrons. The number of fused-ring (bicyclic) bond motifs is 2. The molecule has 1 aromatic heterocycles. The first-order chi connectivity index (χ1) is 14.3. The lowest BCUT2D eigenvalue weighted by molar-refractivity contribution is -0.125. The van der Waals surface area contributed by atoms with Gasteiger partial charge < -0.3 is 4.90 Å². The van der Waals surface area contributed by atoms with Gasteiger partial charge >= 0.3 is 0 Å². The van der Waals surface area contributed by atoms with Gasteiger partial charge in [0.05, 0.1) is 12.0 Å². The van der Waals surface area contributed by atoms with E-state index in [0.29, 0.717) is 6.54 Å². The van der Waals surface area contributed by atoms with Crippen LogP contribution in [0.2, 0.25) is 0 Å². The quantitative estimate of drug-likeness (QED) is 0.679. The van der Waals surface area contributed by atoms with Crippen LogP contribution in [0.25, 0.3) is 0 Å². The number of rotatable bonds is 4. The zero-order valence-electron chi connectivity index (χ0n) is 16.5. The van der Waals surface area contributed by atoms with Gasteiger partial charge in [0, 0.05) is 24.6 Å². The van der Waals surface area contributed by atoms with Crippen molar-refractivity contribution in [2.75, 3.05) is 18.0 Å². The third kappa shape index (κ3) is 3.23. The summed E-state index contributed by atoms with van der Waals surface area (Å²) < 4.78 is 0. The lowest BCUT2D eigenvalue weighted by Crippen LogP contribution is -2.48. The minimum Gasteiger partial charge on any atom is -0.307 e. The number of aromatic nitrogens is 1. The van der Waals surface area contributed by atoms with Crippen LogP contribution >= 0.6 is 0 Å². The highest BCUT2D eigenvalue weighted by Crippen LogP contribution is 2.48. The van der Waals surface area contributed by atoms with E-state index in [1.54, 1.807) is 0 Å². The zero-order chi connectivity index (χ0) is 19.7. The molecule has 0 bridgehead atoms. The molecule has 4 heteroatoms. The number of hydrogen-bond acceptors (Lipinski definition) is 3. The fourth-order valence-corrected chi connectivity index (χ4v) is 4.85. The summed E-state index contributed by atoms with van der Waals surface area (Å²) in [4.78, 5) is 22.4. The van der Waals surface area contributed by atoms with Gasteiger partial charge in [0.1, 0.15) is 0 Å². The number of carbonyl (C=O) groups is 1. The summed E-state index contributed by atoms with van der Waals surface area (Å²) in [6.07, 6.45) is 5.48. The van der Waals surface area contributed by atoms with Crippen LogP contribution in [0, 0.1) is 0 Å². The molecular formula is C25H25N3O. The molecule has 2 aliphatic rings. The molecule has 3 heterocycles. The Kier molecular flexibility index (Phi) is 4.64. The van der Waals surface area contributed by atoms with Gasteiger partial charge in [-0.05, 0) is 54.8 Å². The normalized spacial score (nSPS) is 18.2. The van der Waals surface area contributed by atoms with E-state index in [1.807, 2.05) is 47.6 Å². The summed E-state index contributed by atoms with van der Waals surface area (Å²) in [6, 6.07) is 22.8. The van der Waals surface area contributed by atoms with Crippen LogP contribution in [0.15, 0.2) is 79.1 Å². The number of piperidine rings is 1. The highest BCUT2D eigenvalue weighted by atomic mass is 16.2. The smallest absolute Gasteiger partial charge is 0.238 e. The Balaban J connectivity index is 1.38. The zero-order valence-corrected chi connectivity index (χ0v) is 16.5. The van der Waals surface area contributed by atoms with Crippen molar-refractivity contribution in [2.45, 2.75) is 31.3 Å². The molecule has 1 fully saturated rings. The number of likely N-dealkylation sites (tertiary alicyclic amines) is 1. The van der Waals surface area contributed by atoms with Gasteiger partial charge in [0.15, 0.2) is 0 Å². The standard InChI is InChI=1S/C25H25N3O/c29-24-25(12-15-27(16-13-25)18-21-9-6-14-26-17-21)22-10-4-5-11-23(22)28(24)19-20-7-2-1-3-8-20/h1-11,14,17H,12-13,15-16,18-19H2. The van der Waals surface area contributed by atoms with Crippen LogP contribution in [0.1, 0.15) is 29.5 Å².